The van der Waals surface area contributed by atoms with E-state index >= 15 is 0 Å². The maximum Gasteiger partial charge on any atom is 0.248 e. The third-order valence-electron chi connectivity index (χ3n) is 5.84. The van der Waals surface area contributed by atoms with Crippen molar-refractivity contribution in [2.45, 2.75) is 13.8 Å². The molecule has 1 aromatic heterocycles. The van der Waals surface area contributed by atoms with Gasteiger partial charge in [0.05, 0.1) is 20.5 Å². The number of aryl methyl sites for hydroxylation is 1. The Morgan fingerprint density at radius 1 is 1.03 bits per heavy atom. The van der Waals surface area contributed by atoms with E-state index in [-0.39, 0.29) is 5.91 Å². The van der Waals surface area contributed by atoms with E-state index in [1.54, 1.807) is 44.7 Å². The Morgan fingerprint density at radius 2 is 1.77 bits per heavy atom. The van der Waals surface area contributed by atoms with Crippen LogP contribution in [0, 0.1) is 6.92 Å². The van der Waals surface area contributed by atoms with E-state index in [1.165, 1.54) is 6.08 Å². The number of carbonyl (C=O) groups excluding carboxylic acids is 2. The van der Waals surface area contributed by atoms with Crippen molar-refractivity contribution in [1.29, 1.82) is 0 Å². The van der Waals surface area contributed by atoms with E-state index in [0.29, 0.717) is 17.0 Å². The highest BCUT2D eigenvalue weighted by atomic mass is 16.5. The van der Waals surface area contributed by atoms with Gasteiger partial charge in [-0.05, 0) is 67.4 Å². The van der Waals surface area contributed by atoms with Crippen LogP contribution in [0.1, 0.15) is 28.4 Å². The normalized spacial score (nSPS) is 11.4. The van der Waals surface area contributed by atoms with Crippen molar-refractivity contribution >= 4 is 34.0 Å². The van der Waals surface area contributed by atoms with Gasteiger partial charge in [-0.1, -0.05) is 12.1 Å². The first-order valence-corrected chi connectivity index (χ1v) is 10.9. The molecular formula is C28H26N2O5. The van der Waals surface area contributed by atoms with Crippen molar-refractivity contribution in [1.82, 2.24) is 0 Å². The molecule has 7 nitrogen and oxygen atoms in total. The molecule has 0 bridgehead atoms. The average Bonchev–Trinajstić information content (AvgIpc) is 3.28. The van der Waals surface area contributed by atoms with E-state index in [1.807, 2.05) is 44.2 Å². The molecule has 0 saturated heterocycles. The number of anilines is 1. The van der Waals surface area contributed by atoms with Gasteiger partial charge in [0, 0.05) is 39.4 Å². The summed E-state index contributed by atoms with van der Waals surface area (Å²) in [6.45, 7) is 3.78. The van der Waals surface area contributed by atoms with Gasteiger partial charge in [-0.15, -0.1) is 0 Å². The number of benzene rings is 3. The van der Waals surface area contributed by atoms with E-state index in [0.717, 1.165) is 44.5 Å². The number of fused-ring (bicyclic) bond motifs is 1. The van der Waals surface area contributed by atoms with Crippen LogP contribution in [0.25, 0.3) is 27.7 Å². The van der Waals surface area contributed by atoms with Crippen molar-refractivity contribution in [3.63, 3.8) is 0 Å². The van der Waals surface area contributed by atoms with Gasteiger partial charge in [-0.25, -0.2) is 0 Å². The van der Waals surface area contributed by atoms with Crippen LogP contribution in [0.15, 0.2) is 71.4 Å². The van der Waals surface area contributed by atoms with Crippen molar-refractivity contribution in [3.8, 4) is 22.6 Å². The van der Waals surface area contributed by atoms with Crippen LogP contribution in [0.3, 0.4) is 0 Å². The number of hydrogen-bond donors (Lipinski definition) is 2. The van der Waals surface area contributed by atoms with Gasteiger partial charge in [-0.2, -0.15) is 0 Å². The highest BCUT2D eigenvalue weighted by Crippen LogP contribution is 2.41. The zero-order valence-electron chi connectivity index (χ0n) is 20.0. The third-order valence-corrected chi connectivity index (χ3v) is 5.84. The highest BCUT2D eigenvalue weighted by Gasteiger charge is 2.19. The predicted molar refractivity (Wildman–Crippen MR) is 137 cm³/mol. The lowest BCUT2D eigenvalue weighted by molar-refractivity contribution is -0.111. The second-order valence-electron chi connectivity index (χ2n) is 8.10. The summed E-state index contributed by atoms with van der Waals surface area (Å²) in [5.74, 6) is 0.550. The van der Waals surface area contributed by atoms with Gasteiger partial charge in [0.1, 0.15) is 17.1 Å². The molecule has 0 aliphatic heterocycles. The Labute approximate surface area is 203 Å². The molecule has 0 radical (unpaired) electrons. The molecule has 0 spiro atoms. The van der Waals surface area contributed by atoms with E-state index < -0.39 is 5.91 Å². The molecule has 2 amide bonds. The second-order valence-corrected chi connectivity index (χ2v) is 8.10. The number of nitrogens with two attached hydrogens (primary N) is 1. The fourth-order valence-corrected chi connectivity index (χ4v) is 4.06. The molecule has 3 N–H and O–H groups in total. The summed E-state index contributed by atoms with van der Waals surface area (Å²) in [7, 11) is 3.22. The Bertz CT molecular complexity index is 1450. The molecule has 7 heteroatoms. The first kappa shape index (κ1) is 23.6. The minimum absolute atomic E-state index is 0.311. The van der Waals surface area contributed by atoms with Gasteiger partial charge < -0.3 is 24.9 Å². The smallest absolute Gasteiger partial charge is 0.248 e. The number of ether oxygens (including phenoxy) is 2. The highest BCUT2D eigenvalue weighted by molar-refractivity contribution is 6.06. The predicted octanol–water partition coefficient (Wildman–Crippen LogP) is 5.57. The quantitative estimate of drug-likeness (QED) is 0.344. The summed E-state index contributed by atoms with van der Waals surface area (Å²) < 4.78 is 17.0. The number of allylic oxidation sites excluding steroid dienone is 1. The number of furan rings is 1. The molecule has 4 aromatic rings. The van der Waals surface area contributed by atoms with Crippen molar-refractivity contribution in [2.24, 2.45) is 5.73 Å². The number of methoxy groups -OCH3 is 2. The largest absolute Gasteiger partial charge is 0.497 e. The zero-order chi connectivity index (χ0) is 25.1. The molecular weight excluding hydrogens is 444 g/mol. The number of rotatable bonds is 7. The molecule has 0 saturated carbocycles. The number of carbonyl (C=O) groups is 2. The number of nitrogens with one attached hydrogen (secondary N) is 1. The van der Waals surface area contributed by atoms with Crippen molar-refractivity contribution in [3.05, 3.63) is 83.6 Å². The zero-order valence-corrected chi connectivity index (χ0v) is 20.0. The maximum atomic E-state index is 12.7. The van der Waals surface area contributed by atoms with Crippen LogP contribution in [-0.2, 0) is 4.79 Å². The van der Waals surface area contributed by atoms with Crippen molar-refractivity contribution in [2.75, 3.05) is 19.5 Å². The molecule has 35 heavy (non-hydrogen) atoms. The fourth-order valence-electron chi connectivity index (χ4n) is 4.06. The summed E-state index contributed by atoms with van der Waals surface area (Å²) in [5, 5.41) is 3.71. The SMILES string of the molecule is COc1cccc(-c2coc3c(C)c(OC)c(/C(C)=C/C(=O)Nc4ccc(C(N)=O)cc4)cc23)c1. The monoisotopic (exact) mass is 470 g/mol. The summed E-state index contributed by atoms with van der Waals surface area (Å²) in [4.78, 5) is 24.0. The lowest BCUT2D eigenvalue weighted by Gasteiger charge is -2.13. The van der Waals surface area contributed by atoms with E-state index in [2.05, 4.69) is 5.32 Å². The van der Waals surface area contributed by atoms with E-state index in [4.69, 9.17) is 19.6 Å². The molecule has 4 rings (SSSR count). The van der Waals surface area contributed by atoms with Gasteiger partial charge in [0.2, 0.25) is 11.8 Å². The number of hydrogen-bond acceptors (Lipinski definition) is 5. The molecule has 178 valence electrons. The van der Waals surface area contributed by atoms with Crippen LogP contribution in [-0.4, -0.2) is 26.0 Å². The lowest BCUT2D eigenvalue weighted by atomic mass is 9.96. The van der Waals surface area contributed by atoms with Gasteiger partial charge in [0.15, 0.2) is 0 Å². The number of primary amides is 1. The van der Waals surface area contributed by atoms with Gasteiger partial charge >= 0.3 is 0 Å². The van der Waals surface area contributed by atoms with Crippen LogP contribution in [0.5, 0.6) is 11.5 Å². The number of amides is 2. The molecule has 0 fully saturated rings. The molecule has 0 unspecified atom stereocenters. The fraction of sp³-hybridized carbons (Fsp3) is 0.143. The molecule has 0 atom stereocenters. The second kappa shape index (κ2) is 9.77. The molecule has 0 aliphatic carbocycles. The minimum atomic E-state index is -0.524. The van der Waals surface area contributed by atoms with Crippen molar-refractivity contribution < 1.29 is 23.5 Å². The minimum Gasteiger partial charge on any atom is -0.497 e. The third kappa shape index (κ3) is 4.75. The Kier molecular flexibility index (Phi) is 6.59. The van der Waals surface area contributed by atoms with E-state index in [9.17, 15) is 9.59 Å². The van der Waals surface area contributed by atoms with Crippen LogP contribution in [0.4, 0.5) is 5.69 Å². The average molecular weight is 471 g/mol. The summed E-state index contributed by atoms with van der Waals surface area (Å²) >= 11 is 0. The van der Waals surface area contributed by atoms with Crippen LogP contribution < -0.4 is 20.5 Å². The first-order chi connectivity index (χ1) is 16.8. The Morgan fingerprint density at radius 3 is 2.43 bits per heavy atom. The summed E-state index contributed by atoms with van der Waals surface area (Å²) in [6, 6.07) is 16.1. The molecule has 3 aromatic carbocycles. The lowest BCUT2D eigenvalue weighted by Crippen LogP contribution is -2.12. The Balaban J connectivity index is 1.71. The van der Waals surface area contributed by atoms with Gasteiger partial charge in [-0.3, -0.25) is 9.59 Å². The first-order valence-electron chi connectivity index (χ1n) is 10.9. The summed E-state index contributed by atoms with van der Waals surface area (Å²) in [6.07, 6.45) is 3.23. The van der Waals surface area contributed by atoms with Crippen LogP contribution in [0.2, 0.25) is 0 Å². The topological polar surface area (TPSA) is 104 Å². The standard InChI is InChI=1S/C28H26N2O5/c1-16(12-25(31)30-20-10-8-18(9-11-20)28(29)32)22-14-23-24(19-6-5-7-21(13-19)33-3)15-35-27(23)17(2)26(22)34-4/h5-15H,1-4H3,(H2,29,32)(H,30,31)/b16-12+. The molecule has 0 aliphatic rings. The summed E-state index contributed by atoms with van der Waals surface area (Å²) in [5.41, 5.74) is 11.1. The van der Waals surface area contributed by atoms with Gasteiger partial charge in [0.25, 0.3) is 0 Å². The molecule has 1 heterocycles. The maximum absolute atomic E-state index is 12.7. The van der Waals surface area contributed by atoms with Crippen LogP contribution >= 0.6 is 0 Å². The Hall–Kier alpha value is -4.52.